The number of nitrogens with one attached hydrogen (secondary N) is 1. The van der Waals surface area contributed by atoms with Crippen LogP contribution in [-0.2, 0) is 0 Å². The Labute approximate surface area is 305 Å². The number of hydrogen-bond donors (Lipinski definition) is 1. The maximum absolute atomic E-state index is 6.39. The zero-order valence-electron chi connectivity index (χ0n) is 28.6. The molecule has 0 saturated heterocycles. The molecule has 0 atom stereocenters. The quantitative estimate of drug-likeness (QED) is 0.183. The van der Waals surface area contributed by atoms with Crippen LogP contribution in [0.25, 0.3) is 71.2 Å². The SMILES string of the molecule is C1=C(c2ccc(N(c3ccc(-c4cccc5c4oc4cnccc45)cc3)c3ccc4c(ccc5ccccc54)c3)cc2)c2oc3ccccc3c2NC1. The molecule has 0 bridgehead atoms. The number of hydrogen-bond acceptors (Lipinski definition) is 5. The molecule has 0 radical (unpaired) electrons. The summed E-state index contributed by atoms with van der Waals surface area (Å²) in [5, 5.41) is 11.7. The van der Waals surface area contributed by atoms with Crippen LogP contribution in [0, 0.1) is 0 Å². The molecule has 3 aromatic heterocycles. The molecule has 0 spiro atoms. The summed E-state index contributed by atoms with van der Waals surface area (Å²) in [4.78, 5) is 6.61. The molecule has 1 aliphatic heterocycles. The van der Waals surface area contributed by atoms with Gasteiger partial charge in [0, 0.05) is 57.1 Å². The molecular weight excluding hydrogens is 651 g/mol. The molecule has 1 N–H and O–H groups in total. The van der Waals surface area contributed by atoms with Crippen LogP contribution in [0.5, 0.6) is 0 Å². The van der Waals surface area contributed by atoms with Gasteiger partial charge in [0.25, 0.3) is 0 Å². The number of anilines is 4. The van der Waals surface area contributed by atoms with E-state index in [1.807, 2.05) is 24.4 Å². The maximum Gasteiger partial charge on any atom is 0.158 e. The van der Waals surface area contributed by atoms with E-state index < -0.39 is 0 Å². The Hall–Kier alpha value is -7.11. The summed E-state index contributed by atoms with van der Waals surface area (Å²) in [7, 11) is 0. The number of furan rings is 2. The first kappa shape index (κ1) is 29.6. The monoisotopic (exact) mass is 681 g/mol. The summed E-state index contributed by atoms with van der Waals surface area (Å²) in [5.74, 6) is 0.884. The van der Waals surface area contributed by atoms with E-state index in [9.17, 15) is 0 Å². The van der Waals surface area contributed by atoms with Crippen LogP contribution in [0.4, 0.5) is 22.7 Å². The molecule has 0 fully saturated rings. The number of rotatable bonds is 5. The van der Waals surface area contributed by atoms with Crippen molar-refractivity contribution < 1.29 is 8.83 Å². The third-order valence-electron chi connectivity index (χ3n) is 10.6. The Kier molecular flexibility index (Phi) is 6.55. The second-order valence-electron chi connectivity index (χ2n) is 13.6. The van der Waals surface area contributed by atoms with Gasteiger partial charge in [0.15, 0.2) is 11.3 Å². The minimum atomic E-state index is 0.747. The van der Waals surface area contributed by atoms with Gasteiger partial charge in [-0.3, -0.25) is 4.98 Å². The molecule has 0 unspecified atom stereocenters. The summed E-state index contributed by atoms with van der Waals surface area (Å²) >= 11 is 0. The van der Waals surface area contributed by atoms with Crippen molar-refractivity contribution in [2.24, 2.45) is 0 Å². The lowest BCUT2D eigenvalue weighted by Crippen LogP contribution is -2.10. The van der Waals surface area contributed by atoms with Gasteiger partial charge in [0.2, 0.25) is 0 Å². The minimum Gasteiger partial charge on any atom is -0.454 e. The van der Waals surface area contributed by atoms with E-state index in [4.69, 9.17) is 8.83 Å². The topological polar surface area (TPSA) is 54.4 Å². The molecular formula is C48H31N3O2. The van der Waals surface area contributed by atoms with Crippen molar-refractivity contribution in [3.05, 3.63) is 181 Å². The Bertz CT molecular complexity index is 3060. The van der Waals surface area contributed by atoms with Crippen LogP contribution in [0.3, 0.4) is 0 Å². The average molecular weight is 682 g/mol. The fraction of sp³-hybridized carbons (Fsp3) is 0.0208. The summed E-state index contributed by atoms with van der Waals surface area (Å²) in [6, 6.07) is 54.0. The minimum absolute atomic E-state index is 0.747. The van der Waals surface area contributed by atoms with E-state index in [0.29, 0.717) is 0 Å². The predicted octanol–water partition coefficient (Wildman–Crippen LogP) is 13.0. The molecule has 11 rings (SSSR count). The third kappa shape index (κ3) is 4.75. The molecule has 53 heavy (non-hydrogen) atoms. The van der Waals surface area contributed by atoms with E-state index >= 15 is 0 Å². The van der Waals surface area contributed by atoms with Crippen LogP contribution >= 0.6 is 0 Å². The molecule has 0 saturated carbocycles. The predicted molar refractivity (Wildman–Crippen MR) is 218 cm³/mol. The largest absolute Gasteiger partial charge is 0.454 e. The van der Waals surface area contributed by atoms with Gasteiger partial charge in [-0.2, -0.15) is 0 Å². The van der Waals surface area contributed by atoms with E-state index in [1.165, 1.54) is 21.5 Å². The second kappa shape index (κ2) is 11.7. The second-order valence-corrected chi connectivity index (χ2v) is 13.6. The van der Waals surface area contributed by atoms with Crippen LogP contribution in [0.2, 0.25) is 0 Å². The molecule has 10 aromatic rings. The van der Waals surface area contributed by atoms with Crippen molar-refractivity contribution in [2.45, 2.75) is 0 Å². The zero-order chi connectivity index (χ0) is 34.9. The van der Waals surface area contributed by atoms with Crippen LogP contribution < -0.4 is 10.2 Å². The number of para-hydroxylation sites is 2. The number of aromatic nitrogens is 1. The summed E-state index contributed by atoms with van der Waals surface area (Å²) in [6.07, 6.45) is 5.81. The molecule has 1 aliphatic rings. The number of nitrogens with zero attached hydrogens (tertiary/aromatic N) is 2. The van der Waals surface area contributed by atoms with Crippen molar-refractivity contribution in [1.29, 1.82) is 0 Å². The normalized spacial score (nSPS) is 12.7. The van der Waals surface area contributed by atoms with E-state index in [0.717, 1.165) is 90.2 Å². The van der Waals surface area contributed by atoms with Gasteiger partial charge in [-0.05, 0) is 87.3 Å². The summed E-state index contributed by atoms with van der Waals surface area (Å²) < 4.78 is 12.7. The van der Waals surface area contributed by atoms with Gasteiger partial charge >= 0.3 is 0 Å². The smallest absolute Gasteiger partial charge is 0.158 e. The Morgan fingerprint density at radius 1 is 0.528 bits per heavy atom. The van der Waals surface area contributed by atoms with Crippen LogP contribution in [0.15, 0.2) is 179 Å². The van der Waals surface area contributed by atoms with Crippen molar-refractivity contribution in [1.82, 2.24) is 4.98 Å². The van der Waals surface area contributed by atoms with Gasteiger partial charge in [-0.1, -0.05) is 103 Å². The molecule has 5 nitrogen and oxygen atoms in total. The van der Waals surface area contributed by atoms with E-state index in [2.05, 4.69) is 155 Å². The van der Waals surface area contributed by atoms with Gasteiger partial charge < -0.3 is 19.1 Å². The number of benzene rings is 7. The fourth-order valence-electron chi connectivity index (χ4n) is 8.05. The number of fused-ring (bicyclic) bond motifs is 9. The van der Waals surface area contributed by atoms with Gasteiger partial charge in [0.05, 0.1) is 11.9 Å². The van der Waals surface area contributed by atoms with E-state index in [-0.39, 0.29) is 0 Å². The first-order valence-electron chi connectivity index (χ1n) is 17.9. The Morgan fingerprint density at radius 3 is 2.11 bits per heavy atom. The van der Waals surface area contributed by atoms with Crippen LogP contribution in [-0.4, -0.2) is 11.5 Å². The van der Waals surface area contributed by atoms with E-state index in [1.54, 1.807) is 6.20 Å². The third-order valence-corrected chi connectivity index (χ3v) is 10.6. The molecule has 5 heteroatoms. The highest BCUT2D eigenvalue weighted by atomic mass is 16.3. The average Bonchev–Trinajstić information content (AvgIpc) is 3.80. The van der Waals surface area contributed by atoms with Crippen molar-refractivity contribution in [2.75, 3.05) is 16.8 Å². The summed E-state index contributed by atoms with van der Waals surface area (Å²) in [5.41, 5.74) is 11.2. The Balaban J connectivity index is 1.02. The first-order chi connectivity index (χ1) is 26.3. The van der Waals surface area contributed by atoms with Gasteiger partial charge in [0.1, 0.15) is 11.2 Å². The lowest BCUT2D eigenvalue weighted by atomic mass is 9.98. The van der Waals surface area contributed by atoms with Crippen LogP contribution in [0.1, 0.15) is 11.3 Å². The highest BCUT2D eigenvalue weighted by Gasteiger charge is 2.22. The molecule has 250 valence electrons. The molecule has 0 aliphatic carbocycles. The molecule has 0 amide bonds. The van der Waals surface area contributed by atoms with Crippen molar-refractivity contribution in [3.63, 3.8) is 0 Å². The van der Waals surface area contributed by atoms with Gasteiger partial charge in [-0.25, -0.2) is 0 Å². The fourth-order valence-corrected chi connectivity index (χ4v) is 8.05. The number of pyridine rings is 1. The first-order valence-corrected chi connectivity index (χ1v) is 17.9. The van der Waals surface area contributed by atoms with Gasteiger partial charge in [-0.15, -0.1) is 0 Å². The molecule has 7 aromatic carbocycles. The van der Waals surface area contributed by atoms with Crippen molar-refractivity contribution >= 4 is 82.8 Å². The lowest BCUT2D eigenvalue weighted by Gasteiger charge is -2.26. The highest BCUT2D eigenvalue weighted by Crippen LogP contribution is 2.43. The standard InChI is InChI=1S/C48H31N3O2/c1-2-7-37-30(6-1)12-13-33-28-36(22-23-38(33)37)51(34-18-14-31(15-19-34)39-9-5-10-42-41-24-26-49-29-45(41)53-47(39)42)35-20-16-32(17-21-35)40-25-27-50-46-43-8-3-4-11-44(43)52-48(40)46/h1-26,28-29,50H,27H2. The lowest BCUT2D eigenvalue weighted by molar-refractivity contribution is 0.600. The zero-order valence-corrected chi connectivity index (χ0v) is 28.6. The molecule has 4 heterocycles. The Morgan fingerprint density at radius 2 is 1.25 bits per heavy atom. The summed E-state index contributed by atoms with van der Waals surface area (Å²) in [6.45, 7) is 0.747. The maximum atomic E-state index is 6.39. The highest BCUT2D eigenvalue weighted by molar-refractivity contribution is 6.10. The van der Waals surface area contributed by atoms with Crippen molar-refractivity contribution in [3.8, 4) is 11.1 Å².